The third-order valence-corrected chi connectivity index (χ3v) is 3.00. The number of aliphatic carboxylic acids is 1. The molecule has 1 aromatic rings. The highest BCUT2D eigenvalue weighted by atomic mass is 32.1. The van der Waals surface area contributed by atoms with Gasteiger partial charge in [0.1, 0.15) is 17.6 Å². The van der Waals surface area contributed by atoms with Crippen LogP contribution in [0.25, 0.3) is 0 Å². The topological polar surface area (TPSA) is 87.7 Å². The number of methoxy groups -OCH3 is 1. The molecule has 0 heterocycles. The Morgan fingerprint density at radius 2 is 2.05 bits per heavy atom. The van der Waals surface area contributed by atoms with Crippen LogP contribution in [0.4, 0.5) is 5.69 Å². The van der Waals surface area contributed by atoms with Crippen molar-refractivity contribution in [2.24, 2.45) is 0 Å². The second-order valence-electron chi connectivity index (χ2n) is 4.29. The number of ketones is 1. The lowest BCUT2D eigenvalue weighted by Gasteiger charge is -2.17. The van der Waals surface area contributed by atoms with Gasteiger partial charge in [0.2, 0.25) is 0 Å². The molecule has 0 spiro atoms. The average Bonchev–Trinajstić information content (AvgIpc) is 2.46. The Balaban J connectivity index is 2.70. The van der Waals surface area contributed by atoms with Crippen LogP contribution in [0.15, 0.2) is 24.3 Å². The first-order valence-corrected chi connectivity index (χ1v) is 6.83. The molecular weight excluding hydrogens is 292 g/mol. The third-order valence-electron chi connectivity index (χ3n) is 2.78. The highest BCUT2D eigenvalue weighted by Gasteiger charge is 2.21. The molecule has 0 saturated carbocycles. The molecule has 7 heteroatoms. The van der Waals surface area contributed by atoms with E-state index in [9.17, 15) is 9.59 Å². The number of nitrogens with one attached hydrogen (secondary N) is 2. The maximum atomic E-state index is 11.4. The van der Waals surface area contributed by atoms with Gasteiger partial charge >= 0.3 is 5.97 Å². The minimum Gasteiger partial charge on any atom is -0.495 e. The van der Waals surface area contributed by atoms with Gasteiger partial charge in [0, 0.05) is 12.8 Å². The van der Waals surface area contributed by atoms with E-state index in [4.69, 9.17) is 22.1 Å². The van der Waals surface area contributed by atoms with Gasteiger partial charge in [-0.05, 0) is 24.4 Å². The predicted molar refractivity (Wildman–Crippen MR) is 83.7 cm³/mol. The van der Waals surface area contributed by atoms with Crippen molar-refractivity contribution in [1.29, 1.82) is 0 Å². The molecule has 0 aliphatic carbocycles. The van der Waals surface area contributed by atoms with Gasteiger partial charge in [-0.1, -0.05) is 19.1 Å². The number of carbonyl (C=O) groups excluding carboxylic acids is 1. The van der Waals surface area contributed by atoms with Gasteiger partial charge in [0.05, 0.1) is 12.8 Å². The second-order valence-corrected chi connectivity index (χ2v) is 4.69. The zero-order valence-corrected chi connectivity index (χ0v) is 12.7. The number of hydrogen-bond donors (Lipinski definition) is 3. The molecule has 0 saturated heterocycles. The Morgan fingerprint density at radius 3 is 2.62 bits per heavy atom. The van der Waals surface area contributed by atoms with Crippen LogP contribution in [0, 0.1) is 0 Å². The van der Waals surface area contributed by atoms with Crippen LogP contribution < -0.4 is 15.4 Å². The normalized spacial score (nSPS) is 11.3. The molecule has 21 heavy (non-hydrogen) atoms. The standard InChI is InChI=1S/C14H18N2O4S/c1-3-9(17)8-11(13(18)19)16-14(21)15-10-6-4-5-7-12(10)20-2/h4-7,11H,3,8H2,1-2H3,(H,18,19)(H2,15,16,21). The van der Waals surface area contributed by atoms with E-state index in [1.165, 1.54) is 7.11 Å². The molecule has 0 fully saturated rings. The van der Waals surface area contributed by atoms with Crippen molar-refractivity contribution in [2.45, 2.75) is 25.8 Å². The number of hydrogen-bond acceptors (Lipinski definition) is 4. The zero-order valence-electron chi connectivity index (χ0n) is 11.9. The molecule has 3 N–H and O–H groups in total. The maximum absolute atomic E-state index is 11.4. The van der Waals surface area contributed by atoms with Crippen LogP contribution >= 0.6 is 12.2 Å². The van der Waals surface area contributed by atoms with Crippen LogP contribution in [-0.4, -0.2) is 35.1 Å². The van der Waals surface area contributed by atoms with Crippen LogP contribution in [0.3, 0.4) is 0 Å². The van der Waals surface area contributed by atoms with Gasteiger partial charge in [-0.15, -0.1) is 0 Å². The van der Waals surface area contributed by atoms with Crippen molar-refractivity contribution >= 4 is 34.8 Å². The van der Waals surface area contributed by atoms with Crippen LogP contribution in [0.1, 0.15) is 19.8 Å². The molecule has 0 aromatic heterocycles. The summed E-state index contributed by atoms with van der Waals surface area (Å²) in [5.41, 5.74) is 0.614. The zero-order chi connectivity index (χ0) is 15.8. The number of carboxylic acids is 1. The summed E-state index contributed by atoms with van der Waals surface area (Å²) >= 11 is 5.08. The smallest absolute Gasteiger partial charge is 0.326 e. The summed E-state index contributed by atoms with van der Waals surface area (Å²) in [6, 6.07) is 6.05. The number of anilines is 1. The van der Waals surface area contributed by atoms with Gasteiger partial charge in [-0.2, -0.15) is 0 Å². The van der Waals surface area contributed by atoms with Crippen molar-refractivity contribution < 1.29 is 19.4 Å². The molecule has 1 atom stereocenters. The Kier molecular flexibility index (Phi) is 6.61. The first-order valence-electron chi connectivity index (χ1n) is 6.43. The number of thiocarbonyl (C=S) groups is 1. The summed E-state index contributed by atoms with van der Waals surface area (Å²) < 4.78 is 5.16. The molecule has 6 nitrogen and oxygen atoms in total. The van der Waals surface area contributed by atoms with Crippen molar-refractivity contribution in [3.8, 4) is 5.75 Å². The monoisotopic (exact) mass is 310 g/mol. The van der Waals surface area contributed by atoms with Gasteiger partial charge in [-0.3, -0.25) is 4.79 Å². The quantitative estimate of drug-likeness (QED) is 0.662. The number of benzene rings is 1. The summed E-state index contributed by atoms with van der Waals surface area (Å²) in [7, 11) is 1.52. The Bertz CT molecular complexity index is 533. The Morgan fingerprint density at radius 1 is 1.38 bits per heavy atom. The van der Waals surface area contributed by atoms with Gasteiger partial charge in [0.25, 0.3) is 0 Å². The lowest BCUT2D eigenvalue weighted by atomic mass is 10.1. The Labute approximate surface area is 128 Å². The van der Waals surface area contributed by atoms with Crippen molar-refractivity contribution in [3.05, 3.63) is 24.3 Å². The maximum Gasteiger partial charge on any atom is 0.326 e. The molecule has 1 rings (SSSR count). The van der Waals surface area contributed by atoms with Crippen molar-refractivity contribution in [2.75, 3.05) is 12.4 Å². The summed E-state index contributed by atoms with van der Waals surface area (Å²) in [5.74, 6) is -0.686. The molecule has 0 amide bonds. The summed E-state index contributed by atoms with van der Waals surface area (Å²) in [5, 5.41) is 14.7. The van der Waals surface area contributed by atoms with Gasteiger partial charge in [0.15, 0.2) is 5.11 Å². The highest BCUT2D eigenvalue weighted by Crippen LogP contribution is 2.22. The second kappa shape index (κ2) is 8.21. The molecule has 114 valence electrons. The van der Waals surface area contributed by atoms with Crippen LogP contribution in [-0.2, 0) is 9.59 Å². The number of ether oxygens (including phenoxy) is 1. The molecule has 1 aromatic carbocycles. The molecule has 0 radical (unpaired) electrons. The number of rotatable bonds is 7. The minimum absolute atomic E-state index is 0.112. The largest absolute Gasteiger partial charge is 0.495 e. The molecule has 0 bridgehead atoms. The van der Waals surface area contributed by atoms with E-state index in [0.29, 0.717) is 11.4 Å². The van der Waals surface area contributed by atoms with Gasteiger partial charge < -0.3 is 20.5 Å². The minimum atomic E-state index is -1.12. The first-order chi connectivity index (χ1) is 9.97. The van der Waals surface area contributed by atoms with E-state index >= 15 is 0 Å². The van der Waals surface area contributed by atoms with E-state index in [-0.39, 0.29) is 23.7 Å². The van der Waals surface area contributed by atoms with Crippen LogP contribution in [0.2, 0.25) is 0 Å². The van der Waals surface area contributed by atoms with Crippen molar-refractivity contribution in [1.82, 2.24) is 5.32 Å². The summed E-state index contributed by atoms with van der Waals surface area (Å²) in [6.07, 6.45) is 0.178. The lowest BCUT2D eigenvalue weighted by molar-refractivity contribution is -0.140. The summed E-state index contributed by atoms with van der Waals surface area (Å²) in [4.78, 5) is 22.5. The lowest BCUT2D eigenvalue weighted by Crippen LogP contribution is -2.44. The molecular formula is C14H18N2O4S. The fourth-order valence-electron chi connectivity index (χ4n) is 1.64. The SMILES string of the molecule is CCC(=O)CC(NC(=S)Nc1ccccc1OC)C(=O)O. The van der Waals surface area contributed by atoms with E-state index in [1.54, 1.807) is 31.2 Å². The van der Waals surface area contributed by atoms with Crippen molar-refractivity contribution in [3.63, 3.8) is 0 Å². The number of para-hydroxylation sites is 2. The predicted octanol–water partition coefficient (Wildman–Crippen LogP) is 1.80. The molecule has 1 unspecified atom stereocenters. The average molecular weight is 310 g/mol. The first kappa shape index (κ1) is 16.9. The van der Waals surface area contributed by atoms with Gasteiger partial charge in [-0.25, -0.2) is 4.79 Å². The number of carboxylic acid groups (broad SMARTS) is 1. The van der Waals surface area contributed by atoms with E-state index < -0.39 is 12.0 Å². The number of Topliss-reactive ketones (excluding diaryl/α,β-unsaturated/α-hetero) is 1. The highest BCUT2D eigenvalue weighted by molar-refractivity contribution is 7.80. The Hall–Kier alpha value is -2.15. The summed E-state index contributed by atoms with van der Waals surface area (Å²) in [6.45, 7) is 1.69. The molecule has 0 aliphatic heterocycles. The van der Waals surface area contributed by atoms with Crippen LogP contribution in [0.5, 0.6) is 5.75 Å². The fraction of sp³-hybridized carbons (Fsp3) is 0.357. The van der Waals surface area contributed by atoms with E-state index in [2.05, 4.69) is 10.6 Å². The van der Waals surface area contributed by atoms with E-state index in [1.807, 2.05) is 0 Å². The third kappa shape index (κ3) is 5.39. The molecule has 0 aliphatic rings. The van der Waals surface area contributed by atoms with E-state index in [0.717, 1.165) is 0 Å². The fourth-order valence-corrected chi connectivity index (χ4v) is 1.89. The number of carbonyl (C=O) groups is 2.